The molecule has 0 bridgehead atoms. The molecule has 0 amide bonds. The van der Waals surface area contributed by atoms with Gasteiger partial charge >= 0.3 is 0 Å². The molecule has 0 nitrogen and oxygen atoms in total. The molecule has 37 heavy (non-hydrogen) atoms. The van der Waals surface area contributed by atoms with Gasteiger partial charge in [0.15, 0.2) is 0 Å². The zero-order chi connectivity index (χ0) is 25.1. The Bertz CT molecular complexity index is 1820. The van der Waals surface area contributed by atoms with Crippen LogP contribution in [0.1, 0.15) is 32.8 Å². The summed E-state index contributed by atoms with van der Waals surface area (Å²) in [5.74, 6) is 0. The van der Waals surface area contributed by atoms with Gasteiger partial charge in [-0.2, -0.15) is 0 Å². The Morgan fingerprint density at radius 1 is 0.486 bits per heavy atom. The molecule has 5 aromatic carbocycles. The maximum atomic E-state index is 2.41. The van der Waals surface area contributed by atoms with Gasteiger partial charge in [0, 0.05) is 40.3 Å². The van der Waals surface area contributed by atoms with Gasteiger partial charge < -0.3 is 0 Å². The maximum absolute atomic E-state index is 2.41. The second-order valence-corrected chi connectivity index (χ2v) is 12.6. The van der Waals surface area contributed by atoms with E-state index in [9.17, 15) is 0 Å². The highest BCUT2D eigenvalue weighted by molar-refractivity contribution is 7.26. The predicted octanol–water partition coefficient (Wildman–Crippen LogP) is 11.4. The number of benzene rings is 5. The first-order chi connectivity index (χ1) is 18.1. The Morgan fingerprint density at radius 3 is 1.38 bits per heavy atom. The second-order valence-electron chi connectivity index (χ2n) is 10.5. The summed E-state index contributed by atoms with van der Waals surface area (Å²) in [5.41, 5.74) is 6.89. The van der Waals surface area contributed by atoms with Crippen LogP contribution in [0.5, 0.6) is 0 Å². The van der Waals surface area contributed by atoms with Crippen molar-refractivity contribution in [3.63, 3.8) is 0 Å². The van der Waals surface area contributed by atoms with Crippen LogP contribution in [0.25, 0.3) is 62.6 Å². The van der Waals surface area contributed by atoms with E-state index in [0.717, 1.165) is 6.42 Å². The molecule has 0 N–H and O–H groups in total. The summed E-state index contributed by atoms with van der Waals surface area (Å²) < 4.78 is 5.48. The van der Waals surface area contributed by atoms with Crippen LogP contribution in [-0.2, 0) is 5.41 Å². The lowest BCUT2D eigenvalue weighted by Gasteiger charge is -2.30. The van der Waals surface area contributed by atoms with Gasteiger partial charge in [0.05, 0.1) is 0 Å². The largest absolute Gasteiger partial charge is 0.135 e. The molecule has 0 radical (unpaired) electrons. The summed E-state index contributed by atoms with van der Waals surface area (Å²) in [6, 6.07) is 38.3. The van der Waals surface area contributed by atoms with Crippen LogP contribution in [0, 0.1) is 0 Å². The van der Waals surface area contributed by atoms with Crippen molar-refractivity contribution < 1.29 is 0 Å². The Morgan fingerprint density at radius 2 is 0.892 bits per heavy atom. The lowest BCUT2D eigenvalue weighted by molar-refractivity contribution is 0.509. The molecule has 0 spiro atoms. The molecule has 0 saturated carbocycles. The van der Waals surface area contributed by atoms with Gasteiger partial charge in [-0.05, 0) is 51.8 Å². The molecule has 0 aliphatic rings. The normalized spacial score (nSPS) is 12.3. The molecule has 0 aliphatic carbocycles. The minimum absolute atomic E-state index is 0.0175. The van der Waals surface area contributed by atoms with Gasteiger partial charge in [-0.1, -0.05) is 112 Å². The highest BCUT2D eigenvalue weighted by Crippen LogP contribution is 2.48. The van der Waals surface area contributed by atoms with E-state index in [4.69, 9.17) is 0 Å². The third-order valence-corrected chi connectivity index (χ3v) is 10.5. The van der Waals surface area contributed by atoms with Crippen molar-refractivity contribution in [1.82, 2.24) is 0 Å². The van der Waals surface area contributed by atoms with E-state index in [-0.39, 0.29) is 5.41 Å². The molecule has 7 aromatic rings. The number of fused-ring (bicyclic) bond motifs is 6. The minimum atomic E-state index is 0.0175. The van der Waals surface area contributed by atoms with Crippen molar-refractivity contribution in [3.05, 3.63) is 109 Å². The topological polar surface area (TPSA) is 0 Å². The van der Waals surface area contributed by atoms with Crippen molar-refractivity contribution in [1.29, 1.82) is 0 Å². The Hall–Kier alpha value is -3.46. The standard InChI is InChI=1S/C35H28S2/c1-4-35(2,3)32-24(28-18-10-16-26-22-12-5-7-20-30(22)36-33(26)28)14-9-15-25(32)29-19-11-17-27-23-13-6-8-21-31(23)37-34(27)29/h5-21H,4H2,1-3H3. The van der Waals surface area contributed by atoms with Crippen molar-refractivity contribution in [2.45, 2.75) is 32.6 Å². The molecule has 0 atom stereocenters. The molecule has 2 aromatic heterocycles. The Balaban J connectivity index is 1.57. The van der Waals surface area contributed by atoms with E-state index in [1.807, 2.05) is 22.7 Å². The van der Waals surface area contributed by atoms with E-state index >= 15 is 0 Å². The van der Waals surface area contributed by atoms with Crippen LogP contribution < -0.4 is 0 Å². The van der Waals surface area contributed by atoms with E-state index < -0.39 is 0 Å². The van der Waals surface area contributed by atoms with Crippen LogP contribution in [0.4, 0.5) is 0 Å². The minimum Gasteiger partial charge on any atom is -0.135 e. The number of hydrogen-bond acceptors (Lipinski definition) is 2. The number of hydrogen-bond donors (Lipinski definition) is 0. The first-order valence-electron chi connectivity index (χ1n) is 13.0. The van der Waals surface area contributed by atoms with Crippen molar-refractivity contribution in [2.75, 3.05) is 0 Å². The molecular weight excluding hydrogens is 485 g/mol. The number of thiophene rings is 2. The highest BCUT2D eigenvalue weighted by Gasteiger charge is 2.28. The first-order valence-corrected chi connectivity index (χ1v) is 14.6. The first kappa shape index (κ1) is 22.7. The van der Waals surface area contributed by atoms with Crippen molar-refractivity contribution >= 4 is 63.0 Å². The van der Waals surface area contributed by atoms with Crippen LogP contribution in [0.15, 0.2) is 103 Å². The van der Waals surface area contributed by atoms with Crippen LogP contribution in [0.3, 0.4) is 0 Å². The summed E-state index contributed by atoms with van der Waals surface area (Å²) in [6.45, 7) is 7.14. The fourth-order valence-electron chi connectivity index (χ4n) is 5.83. The number of rotatable bonds is 4. The fourth-order valence-corrected chi connectivity index (χ4v) is 8.29. The van der Waals surface area contributed by atoms with Gasteiger partial charge in [-0.3, -0.25) is 0 Å². The zero-order valence-electron chi connectivity index (χ0n) is 21.3. The van der Waals surface area contributed by atoms with Crippen LogP contribution in [0.2, 0.25) is 0 Å². The Labute approximate surface area is 225 Å². The predicted molar refractivity (Wildman–Crippen MR) is 166 cm³/mol. The van der Waals surface area contributed by atoms with Crippen LogP contribution >= 0.6 is 22.7 Å². The SMILES string of the molecule is CCC(C)(C)c1c(-c2cccc3c2sc2ccccc23)cccc1-c1cccc2c1sc1ccccc12. The van der Waals surface area contributed by atoms with Crippen molar-refractivity contribution in [3.8, 4) is 22.3 Å². The molecule has 0 saturated heterocycles. The van der Waals surface area contributed by atoms with E-state index in [2.05, 4.69) is 124 Å². The quantitative estimate of drug-likeness (QED) is 0.220. The van der Waals surface area contributed by atoms with Crippen LogP contribution in [-0.4, -0.2) is 0 Å². The third-order valence-electron chi connectivity index (χ3n) is 8.01. The Kier molecular flexibility index (Phi) is 5.25. The average molecular weight is 513 g/mol. The third kappa shape index (κ3) is 3.47. The van der Waals surface area contributed by atoms with Gasteiger partial charge in [-0.25, -0.2) is 0 Å². The van der Waals surface area contributed by atoms with Gasteiger partial charge in [0.25, 0.3) is 0 Å². The van der Waals surface area contributed by atoms with Gasteiger partial charge in [-0.15, -0.1) is 22.7 Å². The van der Waals surface area contributed by atoms with Crippen molar-refractivity contribution in [2.24, 2.45) is 0 Å². The summed E-state index contributed by atoms with van der Waals surface area (Å²) in [6.07, 6.45) is 1.07. The van der Waals surface area contributed by atoms with Gasteiger partial charge in [0.2, 0.25) is 0 Å². The van der Waals surface area contributed by atoms with E-state index in [1.165, 1.54) is 68.2 Å². The molecule has 0 unspecified atom stereocenters. The lowest BCUT2D eigenvalue weighted by atomic mass is 9.74. The summed E-state index contributed by atoms with van der Waals surface area (Å²) >= 11 is 3.84. The molecule has 0 aliphatic heterocycles. The molecular formula is C35H28S2. The molecule has 2 heterocycles. The fraction of sp³-hybridized carbons (Fsp3) is 0.143. The average Bonchev–Trinajstić information content (AvgIpc) is 3.51. The second kappa shape index (κ2) is 8.55. The smallest absolute Gasteiger partial charge is 0.0433 e. The summed E-state index contributed by atoms with van der Waals surface area (Å²) in [7, 11) is 0. The van der Waals surface area contributed by atoms with E-state index in [0.29, 0.717) is 0 Å². The summed E-state index contributed by atoms with van der Waals surface area (Å²) in [5, 5.41) is 5.42. The van der Waals surface area contributed by atoms with E-state index in [1.54, 1.807) is 0 Å². The highest BCUT2D eigenvalue weighted by atomic mass is 32.1. The zero-order valence-corrected chi connectivity index (χ0v) is 23.0. The molecule has 2 heteroatoms. The molecule has 7 rings (SSSR count). The molecule has 0 fully saturated rings. The monoisotopic (exact) mass is 512 g/mol. The van der Waals surface area contributed by atoms with Gasteiger partial charge in [0.1, 0.15) is 0 Å². The maximum Gasteiger partial charge on any atom is 0.0433 e. The summed E-state index contributed by atoms with van der Waals surface area (Å²) in [4.78, 5) is 0. The lowest BCUT2D eigenvalue weighted by Crippen LogP contribution is -2.18. The molecule has 180 valence electrons.